The summed E-state index contributed by atoms with van der Waals surface area (Å²) in [7, 11) is 2.06. The molecule has 0 spiro atoms. The average molecular weight is 305 g/mol. The Morgan fingerprint density at radius 3 is 2.85 bits per heavy atom. The molecule has 0 fully saturated rings. The second-order valence-electron chi connectivity index (χ2n) is 4.63. The third-order valence-corrected chi connectivity index (χ3v) is 4.79. The smallest absolute Gasteiger partial charge is 0.209 e. The summed E-state index contributed by atoms with van der Waals surface area (Å²) in [6.07, 6.45) is 1.80. The second kappa shape index (κ2) is 5.87. The van der Waals surface area contributed by atoms with Gasteiger partial charge in [0.1, 0.15) is 0 Å². The molecule has 3 aromatic rings. The van der Waals surface area contributed by atoms with E-state index in [1.54, 1.807) is 28.9 Å². The lowest BCUT2D eigenvalue weighted by Gasteiger charge is -2.13. The lowest BCUT2D eigenvalue weighted by atomic mass is 10.3. The summed E-state index contributed by atoms with van der Waals surface area (Å²) in [5, 5.41) is 2.04. The Morgan fingerprint density at radius 2 is 2.15 bits per heavy atom. The summed E-state index contributed by atoms with van der Waals surface area (Å²) < 4.78 is 5.79. The number of aryl methyl sites for hydroxylation is 1. The fraction of sp³-hybridized carbons (Fsp3) is 0.286. The zero-order valence-corrected chi connectivity index (χ0v) is 13.0. The van der Waals surface area contributed by atoms with Gasteiger partial charge in [-0.3, -0.25) is 4.90 Å². The number of thiophene rings is 1. The van der Waals surface area contributed by atoms with Crippen molar-refractivity contribution in [2.24, 2.45) is 0 Å². The molecule has 0 aliphatic carbocycles. The fourth-order valence-corrected chi connectivity index (χ4v) is 3.45. The normalized spacial score (nSPS) is 11.3. The first-order valence-electron chi connectivity index (χ1n) is 6.28. The van der Waals surface area contributed by atoms with E-state index in [0.717, 1.165) is 28.8 Å². The summed E-state index contributed by atoms with van der Waals surface area (Å²) >= 11 is 3.35. The van der Waals surface area contributed by atoms with Gasteiger partial charge in [0.15, 0.2) is 5.76 Å². The molecule has 3 heterocycles. The first-order valence-corrected chi connectivity index (χ1v) is 8.04. The maximum absolute atomic E-state index is 5.79. The van der Waals surface area contributed by atoms with Crippen LogP contribution >= 0.6 is 22.7 Å². The average Bonchev–Trinajstić information content (AvgIpc) is 3.12. The van der Waals surface area contributed by atoms with Crippen LogP contribution in [-0.4, -0.2) is 21.9 Å². The van der Waals surface area contributed by atoms with E-state index < -0.39 is 0 Å². The minimum absolute atomic E-state index is 0.697. The van der Waals surface area contributed by atoms with Gasteiger partial charge in [-0.1, -0.05) is 6.07 Å². The number of rotatable bonds is 5. The van der Waals surface area contributed by atoms with E-state index in [2.05, 4.69) is 21.9 Å². The molecule has 20 heavy (non-hydrogen) atoms. The molecular weight excluding hydrogens is 290 g/mol. The molecule has 0 atom stereocenters. The number of hydrogen-bond acceptors (Lipinski definition) is 6. The van der Waals surface area contributed by atoms with Crippen LogP contribution < -0.4 is 0 Å². The van der Waals surface area contributed by atoms with Crippen molar-refractivity contribution in [1.82, 2.24) is 14.9 Å². The van der Waals surface area contributed by atoms with Crippen molar-refractivity contribution >= 4 is 22.7 Å². The van der Waals surface area contributed by atoms with Crippen LogP contribution in [0.3, 0.4) is 0 Å². The van der Waals surface area contributed by atoms with E-state index in [-0.39, 0.29) is 0 Å². The third-order valence-electron chi connectivity index (χ3n) is 2.98. The highest BCUT2D eigenvalue weighted by molar-refractivity contribution is 7.13. The molecule has 0 aliphatic rings. The molecule has 6 heteroatoms. The number of aromatic nitrogens is 2. The Morgan fingerprint density at radius 1 is 1.25 bits per heavy atom. The molecule has 0 saturated carbocycles. The summed E-state index contributed by atoms with van der Waals surface area (Å²) in [4.78, 5) is 13.2. The maximum Gasteiger partial charge on any atom is 0.209 e. The van der Waals surface area contributed by atoms with Gasteiger partial charge >= 0.3 is 0 Å². The zero-order chi connectivity index (χ0) is 13.9. The van der Waals surface area contributed by atoms with Crippen LogP contribution in [0.4, 0.5) is 0 Å². The largest absolute Gasteiger partial charge is 0.438 e. The SMILES string of the molecule is Cc1ncsc1CN(C)Cc1ncc(-c2cccs2)o1. The fourth-order valence-electron chi connectivity index (χ4n) is 1.93. The Hall–Kier alpha value is -1.50. The highest BCUT2D eigenvalue weighted by atomic mass is 32.1. The molecule has 3 rings (SSSR count). The number of hydrogen-bond donors (Lipinski definition) is 0. The van der Waals surface area contributed by atoms with Gasteiger partial charge in [0.05, 0.1) is 28.8 Å². The van der Waals surface area contributed by atoms with Crippen molar-refractivity contribution in [3.05, 3.63) is 45.7 Å². The standard InChI is InChI=1S/C14H15N3OS2/c1-10-13(20-9-16-10)7-17(2)8-14-15-6-11(18-14)12-4-3-5-19-12/h3-6,9H,7-8H2,1-2H3. The van der Waals surface area contributed by atoms with Gasteiger partial charge in [0.25, 0.3) is 0 Å². The van der Waals surface area contributed by atoms with E-state index >= 15 is 0 Å². The van der Waals surface area contributed by atoms with E-state index in [1.165, 1.54) is 4.88 Å². The van der Waals surface area contributed by atoms with Gasteiger partial charge in [-0.05, 0) is 25.4 Å². The third kappa shape index (κ3) is 2.98. The van der Waals surface area contributed by atoms with Crippen molar-refractivity contribution in [2.75, 3.05) is 7.05 Å². The Kier molecular flexibility index (Phi) is 3.95. The minimum atomic E-state index is 0.697. The molecular formula is C14H15N3OS2. The molecule has 0 N–H and O–H groups in total. The van der Waals surface area contributed by atoms with Crippen LogP contribution in [0.5, 0.6) is 0 Å². The molecule has 104 valence electrons. The van der Waals surface area contributed by atoms with Crippen molar-refractivity contribution in [1.29, 1.82) is 0 Å². The Labute approximate surface area is 125 Å². The zero-order valence-electron chi connectivity index (χ0n) is 11.4. The van der Waals surface area contributed by atoms with Crippen LogP contribution in [0.15, 0.2) is 33.6 Å². The molecule has 0 radical (unpaired) electrons. The van der Waals surface area contributed by atoms with Crippen LogP contribution in [0, 0.1) is 6.92 Å². The van der Waals surface area contributed by atoms with Crippen LogP contribution in [-0.2, 0) is 13.1 Å². The topological polar surface area (TPSA) is 42.2 Å². The summed E-state index contributed by atoms with van der Waals surface area (Å²) in [5.41, 5.74) is 2.99. The van der Waals surface area contributed by atoms with Crippen LogP contribution in [0.1, 0.15) is 16.5 Å². The lowest BCUT2D eigenvalue weighted by molar-refractivity contribution is 0.284. The highest BCUT2D eigenvalue weighted by Gasteiger charge is 2.11. The second-order valence-corrected chi connectivity index (χ2v) is 6.52. The summed E-state index contributed by atoms with van der Waals surface area (Å²) in [6, 6.07) is 4.06. The minimum Gasteiger partial charge on any atom is -0.438 e. The Bertz CT molecular complexity index is 672. The monoisotopic (exact) mass is 305 g/mol. The summed E-state index contributed by atoms with van der Waals surface area (Å²) in [5.74, 6) is 1.59. The van der Waals surface area contributed by atoms with Crippen molar-refractivity contribution < 1.29 is 4.42 Å². The molecule has 0 unspecified atom stereocenters. The molecule has 0 saturated heterocycles. The lowest BCUT2D eigenvalue weighted by Crippen LogP contribution is -2.17. The predicted octanol–water partition coefficient (Wildman–Crippen LogP) is 3.80. The van der Waals surface area contributed by atoms with Gasteiger partial charge in [0, 0.05) is 11.4 Å². The molecule has 0 amide bonds. The van der Waals surface area contributed by atoms with E-state index in [0.29, 0.717) is 6.54 Å². The summed E-state index contributed by atoms with van der Waals surface area (Å²) in [6.45, 7) is 3.61. The first kappa shape index (κ1) is 13.5. The van der Waals surface area contributed by atoms with Gasteiger partial charge < -0.3 is 4.42 Å². The molecule has 0 aromatic carbocycles. The number of oxazole rings is 1. The van der Waals surface area contributed by atoms with Gasteiger partial charge in [-0.25, -0.2) is 9.97 Å². The van der Waals surface area contributed by atoms with Gasteiger partial charge in [-0.2, -0.15) is 0 Å². The molecule has 3 aromatic heterocycles. The van der Waals surface area contributed by atoms with Crippen molar-refractivity contribution in [3.8, 4) is 10.6 Å². The van der Waals surface area contributed by atoms with E-state index in [1.807, 2.05) is 29.9 Å². The highest BCUT2D eigenvalue weighted by Crippen LogP contribution is 2.25. The van der Waals surface area contributed by atoms with Crippen molar-refractivity contribution in [3.63, 3.8) is 0 Å². The van der Waals surface area contributed by atoms with Crippen LogP contribution in [0.2, 0.25) is 0 Å². The number of thiazole rings is 1. The van der Waals surface area contributed by atoms with Gasteiger partial charge in [0.2, 0.25) is 5.89 Å². The van der Waals surface area contributed by atoms with Crippen molar-refractivity contribution in [2.45, 2.75) is 20.0 Å². The predicted molar refractivity (Wildman–Crippen MR) is 81.8 cm³/mol. The quantitative estimate of drug-likeness (QED) is 0.719. The van der Waals surface area contributed by atoms with Crippen LogP contribution in [0.25, 0.3) is 10.6 Å². The van der Waals surface area contributed by atoms with E-state index in [4.69, 9.17) is 4.42 Å². The van der Waals surface area contributed by atoms with E-state index in [9.17, 15) is 0 Å². The molecule has 0 bridgehead atoms. The Balaban J connectivity index is 1.65. The maximum atomic E-state index is 5.79. The molecule has 0 aliphatic heterocycles. The molecule has 4 nitrogen and oxygen atoms in total. The van der Waals surface area contributed by atoms with Gasteiger partial charge in [-0.15, -0.1) is 22.7 Å². The number of nitrogens with zero attached hydrogens (tertiary/aromatic N) is 3. The first-order chi connectivity index (χ1) is 9.72.